The number of benzene rings is 1. The molecule has 2 N–H and O–H groups in total. The van der Waals surface area contributed by atoms with Crippen LogP contribution in [-0.2, 0) is 14.6 Å². The molecule has 6 nitrogen and oxygen atoms in total. The van der Waals surface area contributed by atoms with Crippen LogP contribution in [0, 0.1) is 0 Å². The average Bonchev–Trinajstić information content (AvgIpc) is 2.63. The zero-order chi connectivity index (χ0) is 14.8. The molecule has 0 spiro atoms. The van der Waals surface area contributed by atoms with Gasteiger partial charge in [-0.1, -0.05) is 0 Å². The van der Waals surface area contributed by atoms with Gasteiger partial charge in [-0.2, -0.15) is 0 Å². The Balaban J connectivity index is 2.03. The summed E-state index contributed by atoms with van der Waals surface area (Å²) in [4.78, 5) is 11.5. The highest BCUT2D eigenvalue weighted by atomic mass is 32.2. The Hall–Kier alpha value is -1.60. The van der Waals surface area contributed by atoms with E-state index >= 15 is 0 Å². The number of aliphatic hydroxyl groups is 1. The van der Waals surface area contributed by atoms with Gasteiger partial charge in [-0.15, -0.1) is 0 Å². The number of nitrogens with one attached hydrogen (secondary N) is 1. The molecule has 0 aromatic heterocycles. The van der Waals surface area contributed by atoms with Gasteiger partial charge in [0, 0.05) is 5.69 Å². The first kappa shape index (κ1) is 14.8. The normalized spacial score (nSPS) is 24.3. The topological polar surface area (TPSA) is 92.7 Å². The van der Waals surface area contributed by atoms with E-state index in [2.05, 4.69) is 5.32 Å². The van der Waals surface area contributed by atoms with Crippen molar-refractivity contribution >= 4 is 21.5 Å². The summed E-state index contributed by atoms with van der Waals surface area (Å²) in [6.45, 7) is 2.04. The second-order valence-corrected chi connectivity index (χ2v) is 6.85. The van der Waals surface area contributed by atoms with Crippen molar-refractivity contribution in [1.29, 1.82) is 0 Å². The molecule has 20 heavy (non-hydrogen) atoms. The van der Waals surface area contributed by atoms with Crippen LogP contribution in [0.5, 0.6) is 0 Å². The van der Waals surface area contributed by atoms with Crippen LogP contribution >= 0.6 is 0 Å². The van der Waals surface area contributed by atoms with Gasteiger partial charge in [0.2, 0.25) is 0 Å². The van der Waals surface area contributed by atoms with Crippen LogP contribution < -0.4 is 5.32 Å². The van der Waals surface area contributed by atoms with Gasteiger partial charge in [-0.3, -0.25) is 0 Å². The minimum atomic E-state index is -3.18. The van der Waals surface area contributed by atoms with Crippen LogP contribution in [-0.4, -0.2) is 49.8 Å². The van der Waals surface area contributed by atoms with E-state index in [0.717, 1.165) is 0 Å². The zero-order valence-corrected chi connectivity index (χ0v) is 11.9. The van der Waals surface area contributed by atoms with E-state index in [0.29, 0.717) is 17.9 Å². The molecule has 1 heterocycles. The molecule has 1 fully saturated rings. The lowest BCUT2D eigenvalue weighted by molar-refractivity contribution is 0.0526. The van der Waals surface area contributed by atoms with Crippen molar-refractivity contribution in [3.8, 4) is 0 Å². The third kappa shape index (κ3) is 3.49. The maximum atomic E-state index is 11.5. The van der Waals surface area contributed by atoms with E-state index < -0.39 is 28.0 Å². The van der Waals surface area contributed by atoms with Crippen molar-refractivity contribution in [2.24, 2.45) is 0 Å². The van der Waals surface area contributed by atoms with Crippen LogP contribution in [0.15, 0.2) is 24.3 Å². The number of hydrogen-bond acceptors (Lipinski definition) is 6. The van der Waals surface area contributed by atoms with Gasteiger partial charge in [-0.25, -0.2) is 13.2 Å². The Morgan fingerprint density at radius 1 is 1.35 bits per heavy atom. The minimum absolute atomic E-state index is 0.0895. The monoisotopic (exact) mass is 299 g/mol. The van der Waals surface area contributed by atoms with E-state index in [-0.39, 0.29) is 11.5 Å². The van der Waals surface area contributed by atoms with Crippen LogP contribution in [0.25, 0.3) is 0 Å². The molecule has 1 saturated heterocycles. The second kappa shape index (κ2) is 5.80. The number of sulfone groups is 1. The molecular weight excluding hydrogens is 282 g/mol. The second-order valence-electron chi connectivity index (χ2n) is 4.69. The van der Waals surface area contributed by atoms with Crippen molar-refractivity contribution in [2.45, 2.75) is 19.1 Å². The Labute approximate surface area is 117 Å². The molecule has 2 rings (SSSR count). The molecule has 1 aliphatic rings. The van der Waals surface area contributed by atoms with Crippen molar-refractivity contribution < 1.29 is 23.1 Å². The Kier molecular flexibility index (Phi) is 4.29. The molecule has 0 radical (unpaired) electrons. The minimum Gasteiger partial charge on any atom is -0.462 e. The highest BCUT2D eigenvalue weighted by Crippen LogP contribution is 2.18. The molecule has 1 aliphatic heterocycles. The van der Waals surface area contributed by atoms with Crippen molar-refractivity contribution in [1.82, 2.24) is 0 Å². The third-order valence-electron chi connectivity index (χ3n) is 3.07. The summed E-state index contributed by atoms with van der Waals surface area (Å²) >= 11 is 0. The van der Waals surface area contributed by atoms with Crippen LogP contribution in [0.4, 0.5) is 5.69 Å². The molecule has 0 saturated carbocycles. The smallest absolute Gasteiger partial charge is 0.338 e. The van der Waals surface area contributed by atoms with Crippen molar-refractivity contribution in [2.75, 3.05) is 23.4 Å². The number of esters is 1. The summed E-state index contributed by atoms with van der Waals surface area (Å²) in [5.41, 5.74) is 1.08. The first-order chi connectivity index (χ1) is 9.41. The summed E-state index contributed by atoms with van der Waals surface area (Å²) in [5, 5.41) is 12.6. The zero-order valence-electron chi connectivity index (χ0n) is 11.1. The number of hydrogen-bond donors (Lipinski definition) is 2. The Bertz CT molecular complexity index is 581. The number of aliphatic hydroxyl groups excluding tert-OH is 1. The largest absolute Gasteiger partial charge is 0.462 e. The molecule has 1 aromatic carbocycles. The fourth-order valence-corrected chi connectivity index (χ4v) is 3.84. The third-order valence-corrected chi connectivity index (χ3v) is 4.79. The lowest BCUT2D eigenvalue weighted by Crippen LogP contribution is -2.31. The number of rotatable bonds is 4. The summed E-state index contributed by atoms with van der Waals surface area (Å²) < 4.78 is 27.7. The van der Waals surface area contributed by atoms with Crippen LogP contribution in [0.1, 0.15) is 17.3 Å². The quantitative estimate of drug-likeness (QED) is 0.783. The van der Waals surface area contributed by atoms with Gasteiger partial charge in [0.1, 0.15) is 0 Å². The summed E-state index contributed by atoms with van der Waals surface area (Å²) in [6, 6.07) is 5.98. The maximum absolute atomic E-state index is 11.5. The Morgan fingerprint density at radius 3 is 2.50 bits per heavy atom. The molecule has 0 bridgehead atoms. The number of anilines is 1. The fourth-order valence-electron chi connectivity index (χ4n) is 2.10. The number of ether oxygens (including phenoxy) is 1. The van der Waals surface area contributed by atoms with Crippen molar-refractivity contribution in [3.05, 3.63) is 29.8 Å². The van der Waals surface area contributed by atoms with E-state index in [4.69, 9.17) is 4.74 Å². The Morgan fingerprint density at radius 2 is 2.00 bits per heavy atom. The first-order valence-corrected chi connectivity index (χ1v) is 8.15. The molecule has 110 valence electrons. The molecule has 1 aromatic rings. The van der Waals surface area contributed by atoms with E-state index in [9.17, 15) is 18.3 Å². The van der Waals surface area contributed by atoms with E-state index in [1.54, 1.807) is 31.2 Å². The fraction of sp³-hybridized carbons (Fsp3) is 0.462. The van der Waals surface area contributed by atoms with Gasteiger partial charge >= 0.3 is 5.97 Å². The van der Waals surface area contributed by atoms with Gasteiger partial charge in [-0.05, 0) is 31.2 Å². The predicted molar refractivity (Wildman–Crippen MR) is 74.5 cm³/mol. The highest BCUT2D eigenvalue weighted by molar-refractivity contribution is 7.91. The molecular formula is C13H17NO5S. The standard InChI is InChI=1S/C13H17NO5S/c1-2-19-13(16)9-3-5-10(6-4-9)14-11-7-20(17,18)8-12(11)15/h3-6,11-12,14-15H,2,7-8H2,1H3. The van der Waals surface area contributed by atoms with Gasteiger partial charge < -0.3 is 15.2 Å². The van der Waals surface area contributed by atoms with E-state index in [1.807, 2.05) is 0 Å². The molecule has 0 amide bonds. The molecule has 2 unspecified atom stereocenters. The summed E-state index contributed by atoms with van der Waals surface area (Å²) in [6.07, 6.45) is -0.912. The van der Waals surface area contributed by atoms with Crippen LogP contribution in [0.2, 0.25) is 0 Å². The predicted octanol–water partition coefficient (Wildman–Crippen LogP) is 0.433. The molecule has 7 heteroatoms. The highest BCUT2D eigenvalue weighted by Gasteiger charge is 2.36. The molecule has 0 aliphatic carbocycles. The van der Waals surface area contributed by atoms with Gasteiger partial charge in [0.15, 0.2) is 9.84 Å². The SMILES string of the molecule is CCOC(=O)c1ccc(NC2CS(=O)(=O)CC2O)cc1. The number of carbonyl (C=O) groups is 1. The lowest BCUT2D eigenvalue weighted by atomic mass is 10.1. The first-order valence-electron chi connectivity index (χ1n) is 6.33. The van der Waals surface area contributed by atoms with Crippen LogP contribution in [0.3, 0.4) is 0 Å². The average molecular weight is 299 g/mol. The van der Waals surface area contributed by atoms with Gasteiger partial charge in [0.05, 0.1) is 35.8 Å². The van der Waals surface area contributed by atoms with E-state index in [1.165, 1.54) is 0 Å². The lowest BCUT2D eigenvalue weighted by Gasteiger charge is -2.16. The molecule has 2 atom stereocenters. The van der Waals surface area contributed by atoms with Crippen molar-refractivity contribution in [3.63, 3.8) is 0 Å². The summed E-state index contributed by atoms with van der Waals surface area (Å²) in [5.74, 6) is -0.707. The summed E-state index contributed by atoms with van der Waals surface area (Å²) in [7, 11) is -3.18. The van der Waals surface area contributed by atoms with Gasteiger partial charge in [0.25, 0.3) is 0 Å². The number of carbonyl (C=O) groups excluding carboxylic acids is 1. The maximum Gasteiger partial charge on any atom is 0.338 e.